The summed E-state index contributed by atoms with van der Waals surface area (Å²) in [7, 11) is 1.56. The normalized spacial score (nSPS) is 10.6. The van der Waals surface area contributed by atoms with Crippen molar-refractivity contribution in [2.75, 3.05) is 7.11 Å². The molecule has 0 unspecified atom stereocenters. The van der Waals surface area contributed by atoms with Gasteiger partial charge in [0, 0.05) is 18.0 Å². The van der Waals surface area contributed by atoms with Crippen molar-refractivity contribution in [2.24, 2.45) is 4.99 Å². The van der Waals surface area contributed by atoms with E-state index in [-0.39, 0.29) is 0 Å². The molecule has 0 amide bonds. The molecule has 0 atom stereocenters. The first-order valence-electron chi connectivity index (χ1n) is 4.82. The number of nitrogens with zero attached hydrogens (tertiary/aromatic N) is 3. The Labute approximate surface area is 93.7 Å². The molecular weight excluding hydrogens is 202 g/mol. The van der Waals surface area contributed by atoms with Gasteiger partial charge in [-0.05, 0) is 24.3 Å². The number of methoxy groups -OCH3 is 1. The standard InChI is InChI=1S/C12H11N3O/c1-16-9-15-11-2-3-12(14-8-11)10-4-6-13-7-5-10/h2-9H,1H3. The quantitative estimate of drug-likeness (QED) is 0.581. The van der Waals surface area contributed by atoms with E-state index < -0.39 is 0 Å². The van der Waals surface area contributed by atoms with Crippen molar-refractivity contribution in [1.29, 1.82) is 0 Å². The van der Waals surface area contributed by atoms with E-state index in [9.17, 15) is 0 Å². The van der Waals surface area contributed by atoms with Crippen LogP contribution in [0.1, 0.15) is 0 Å². The summed E-state index contributed by atoms with van der Waals surface area (Å²) in [6.07, 6.45) is 6.57. The molecule has 16 heavy (non-hydrogen) atoms. The van der Waals surface area contributed by atoms with Gasteiger partial charge in [0.1, 0.15) is 0 Å². The van der Waals surface area contributed by atoms with Gasteiger partial charge in [0.05, 0.1) is 24.7 Å². The van der Waals surface area contributed by atoms with E-state index in [2.05, 4.69) is 15.0 Å². The molecular formula is C12H11N3O. The molecule has 0 aliphatic carbocycles. The summed E-state index contributed by atoms with van der Waals surface area (Å²) in [6, 6.07) is 7.64. The second-order valence-corrected chi connectivity index (χ2v) is 3.11. The van der Waals surface area contributed by atoms with E-state index in [4.69, 9.17) is 4.74 Å². The third-order valence-corrected chi connectivity index (χ3v) is 2.03. The summed E-state index contributed by atoms with van der Waals surface area (Å²) in [6.45, 7) is 0. The zero-order chi connectivity index (χ0) is 11.2. The molecule has 2 aromatic rings. The number of aromatic nitrogens is 2. The lowest BCUT2D eigenvalue weighted by atomic mass is 10.2. The fourth-order valence-electron chi connectivity index (χ4n) is 1.27. The van der Waals surface area contributed by atoms with E-state index in [1.54, 1.807) is 25.7 Å². The topological polar surface area (TPSA) is 47.4 Å². The Morgan fingerprint density at radius 3 is 2.62 bits per heavy atom. The summed E-state index contributed by atoms with van der Waals surface area (Å²) in [5, 5.41) is 0. The van der Waals surface area contributed by atoms with E-state index >= 15 is 0 Å². The lowest BCUT2D eigenvalue weighted by molar-refractivity contribution is 0.423. The number of hydrogen-bond acceptors (Lipinski definition) is 4. The van der Waals surface area contributed by atoms with Gasteiger partial charge in [-0.3, -0.25) is 9.97 Å². The van der Waals surface area contributed by atoms with Gasteiger partial charge < -0.3 is 4.74 Å². The third kappa shape index (κ3) is 2.42. The maximum Gasteiger partial charge on any atom is 0.174 e. The fourth-order valence-corrected chi connectivity index (χ4v) is 1.27. The van der Waals surface area contributed by atoms with Crippen LogP contribution in [0.2, 0.25) is 0 Å². The van der Waals surface area contributed by atoms with Gasteiger partial charge in [0.25, 0.3) is 0 Å². The Morgan fingerprint density at radius 1 is 1.19 bits per heavy atom. The lowest BCUT2D eigenvalue weighted by Gasteiger charge is -1.99. The zero-order valence-corrected chi connectivity index (χ0v) is 8.87. The van der Waals surface area contributed by atoms with Crippen molar-refractivity contribution in [3.63, 3.8) is 0 Å². The molecule has 0 saturated carbocycles. The SMILES string of the molecule is COC=Nc1ccc(-c2ccncc2)nc1. The molecule has 4 nitrogen and oxygen atoms in total. The minimum atomic E-state index is 0.764. The molecule has 2 heterocycles. The Bertz CT molecular complexity index is 465. The van der Waals surface area contributed by atoms with Crippen molar-refractivity contribution in [1.82, 2.24) is 9.97 Å². The first kappa shape index (κ1) is 10.3. The smallest absolute Gasteiger partial charge is 0.174 e. The monoisotopic (exact) mass is 213 g/mol. The van der Waals surface area contributed by atoms with Crippen molar-refractivity contribution < 1.29 is 4.74 Å². The highest BCUT2D eigenvalue weighted by Crippen LogP contribution is 2.18. The number of hydrogen-bond donors (Lipinski definition) is 0. The Hall–Kier alpha value is -2.23. The molecule has 0 N–H and O–H groups in total. The van der Waals surface area contributed by atoms with Gasteiger partial charge in [-0.1, -0.05) is 0 Å². The molecule has 0 bridgehead atoms. The number of aliphatic imine (C=N–C) groups is 1. The van der Waals surface area contributed by atoms with E-state index in [1.807, 2.05) is 24.3 Å². The third-order valence-electron chi connectivity index (χ3n) is 2.03. The molecule has 0 aliphatic heterocycles. The van der Waals surface area contributed by atoms with Crippen LogP contribution in [0.25, 0.3) is 11.3 Å². The number of ether oxygens (including phenoxy) is 1. The van der Waals surface area contributed by atoms with Crippen molar-refractivity contribution in [3.8, 4) is 11.3 Å². The Morgan fingerprint density at radius 2 is 2.00 bits per heavy atom. The minimum Gasteiger partial charge on any atom is -0.486 e. The number of pyridine rings is 2. The van der Waals surface area contributed by atoms with Gasteiger partial charge in [-0.25, -0.2) is 4.99 Å². The lowest BCUT2D eigenvalue weighted by Crippen LogP contribution is -1.83. The first-order chi connectivity index (χ1) is 7.90. The number of rotatable bonds is 3. The predicted octanol–water partition coefficient (Wildman–Crippen LogP) is 2.45. The maximum atomic E-state index is 4.73. The zero-order valence-electron chi connectivity index (χ0n) is 8.87. The molecule has 80 valence electrons. The molecule has 2 rings (SSSR count). The van der Waals surface area contributed by atoms with E-state index in [0.29, 0.717) is 0 Å². The first-order valence-corrected chi connectivity index (χ1v) is 4.82. The highest BCUT2D eigenvalue weighted by molar-refractivity contribution is 5.61. The molecule has 0 spiro atoms. The summed E-state index contributed by atoms with van der Waals surface area (Å²) >= 11 is 0. The Balaban J connectivity index is 2.23. The molecule has 0 radical (unpaired) electrons. The molecule has 0 aromatic carbocycles. The van der Waals surface area contributed by atoms with Crippen LogP contribution in [0.3, 0.4) is 0 Å². The molecule has 2 aromatic heterocycles. The van der Waals surface area contributed by atoms with Crippen LogP contribution in [0.5, 0.6) is 0 Å². The summed E-state index contributed by atoms with van der Waals surface area (Å²) in [5.41, 5.74) is 2.70. The van der Waals surface area contributed by atoms with Crippen LogP contribution in [0, 0.1) is 0 Å². The minimum absolute atomic E-state index is 0.764. The van der Waals surface area contributed by atoms with Crippen molar-refractivity contribution in [2.45, 2.75) is 0 Å². The Kier molecular flexibility index (Phi) is 3.23. The van der Waals surface area contributed by atoms with Gasteiger partial charge in [0.2, 0.25) is 0 Å². The van der Waals surface area contributed by atoms with E-state index in [0.717, 1.165) is 16.9 Å². The second kappa shape index (κ2) is 5.02. The van der Waals surface area contributed by atoms with Crippen LogP contribution in [0.4, 0.5) is 5.69 Å². The molecule has 4 heteroatoms. The van der Waals surface area contributed by atoms with Crippen molar-refractivity contribution >= 4 is 12.1 Å². The highest BCUT2D eigenvalue weighted by atomic mass is 16.5. The van der Waals surface area contributed by atoms with Crippen LogP contribution < -0.4 is 0 Å². The average molecular weight is 213 g/mol. The van der Waals surface area contributed by atoms with Crippen molar-refractivity contribution in [3.05, 3.63) is 42.9 Å². The summed E-state index contributed by atoms with van der Waals surface area (Å²) < 4.78 is 4.73. The van der Waals surface area contributed by atoms with E-state index in [1.165, 1.54) is 6.40 Å². The van der Waals surface area contributed by atoms with Crippen LogP contribution in [-0.4, -0.2) is 23.5 Å². The van der Waals surface area contributed by atoms with Gasteiger partial charge in [-0.2, -0.15) is 0 Å². The van der Waals surface area contributed by atoms with Crippen LogP contribution in [0.15, 0.2) is 47.8 Å². The van der Waals surface area contributed by atoms with Gasteiger partial charge in [0.15, 0.2) is 6.40 Å². The van der Waals surface area contributed by atoms with Gasteiger partial charge >= 0.3 is 0 Å². The summed E-state index contributed by atoms with van der Waals surface area (Å²) in [5.74, 6) is 0. The maximum absolute atomic E-state index is 4.73. The molecule has 0 aliphatic rings. The van der Waals surface area contributed by atoms with Gasteiger partial charge in [-0.15, -0.1) is 0 Å². The fraction of sp³-hybridized carbons (Fsp3) is 0.0833. The predicted molar refractivity (Wildman–Crippen MR) is 62.6 cm³/mol. The molecule has 0 saturated heterocycles. The summed E-state index contributed by atoms with van der Waals surface area (Å²) in [4.78, 5) is 12.3. The largest absolute Gasteiger partial charge is 0.486 e. The second-order valence-electron chi connectivity index (χ2n) is 3.11. The highest BCUT2D eigenvalue weighted by Gasteiger charge is 1.97. The van der Waals surface area contributed by atoms with Crippen LogP contribution >= 0.6 is 0 Å². The van der Waals surface area contributed by atoms with Crippen LogP contribution in [-0.2, 0) is 4.74 Å². The molecule has 0 fully saturated rings. The average Bonchev–Trinajstić information content (AvgIpc) is 2.38.